The summed E-state index contributed by atoms with van der Waals surface area (Å²) in [5.41, 5.74) is 1.67. The molecule has 1 aromatic rings. The SMILES string of the molecule is CC[NH+](CC)CCN=CC1C(=O)NC(=S)N(c2cccc(C)c2)C1=O. The second kappa shape index (κ2) is 8.82. The molecular weight excluding hydrogens is 336 g/mol. The van der Waals surface area contributed by atoms with Crippen LogP contribution in [0.3, 0.4) is 0 Å². The first-order valence-corrected chi connectivity index (χ1v) is 8.97. The van der Waals surface area contributed by atoms with Crippen molar-refractivity contribution < 1.29 is 14.5 Å². The van der Waals surface area contributed by atoms with Crippen LogP contribution in [-0.2, 0) is 9.59 Å². The highest BCUT2D eigenvalue weighted by molar-refractivity contribution is 7.80. The van der Waals surface area contributed by atoms with E-state index in [-0.39, 0.29) is 11.0 Å². The largest absolute Gasteiger partial charge is 0.334 e. The van der Waals surface area contributed by atoms with Gasteiger partial charge in [0.05, 0.1) is 31.9 Å². The number of amides is 2. The highest BCUT2D eigenvalue weighted by Crippen LogP contribution is 2.21. The maximum atomic E-state index is 12.8. The molecule has 2 amide bonds. The molecule has 25 heavy (non-hydrogen) atoms. The quantitative estimate of drug-likeness (QED) is 0.419. The number of aliphatic imine (C=N–C) groups is 1. The van der Waals surface area contributed by atoms with Crippen molar-refractivity contribution in [2.75, 3.05) is 31.1 Å². The molecule has 6 nitrogen and oxygen atoms in total. The van der Waals surface area contributed by atoms with Gasteiger partial charge in [0.2, 0.25) is 5.91 Å². The van der Waals surface area contributed by atoms with Crippen LogP contribution in [0, 0.1) is 12.8 Å². The lowest BCUT2D eigenvalue weighted by Crippen LogP contribution is -3.11. The molecule has 7 heteroatoms. The molecule has 0 saturated carbocycles. The lowest BCUT2D eigenvalue weighted by atomic mass is 10.1. The summed E-state index contributed by atoms with van der Waals surface area (Å²) in [4.78, 5) is 32.0. The summed E-state index contributed by atoms with van der Waals surface area (Å²) in [5, 5.41) is 2.71. The van der Waals surface area contributed by atoms with E-state index in [1.54, 1.807) is 6.07 Å². The van der Waals surface area contributed by atoms with Gasteiger partial charge in [-0.05, 0) is 50.7 Å². The second-order valence-corrected chi connectivity index (χ2v) is 6.43. The molecule has 0 radical (unpaired) electrons. The Bertz CT molecular complexity index is 685. The highest BCUT2D eigenvalue weighted by atomic mass is 32.1. The Morgan fingerprint density at radius 1 is 1.32 bits per heavy atom. The number of anilines is 1. The smallest absolute Gasteiger partial charge is 0.251 e. The van der Waals surface area contributed by atoms with Crippen LogP contribution in [0.15, 0.2) is 29.3 Å². The van der Waals surface area contributed by atoms with E-state index in [2.05, 4.69) is 24.2 Å². The number of carbonyl (C=O) groups excluding carboxylic acids is 2. The molecule has 0 aliphatic carbocycles. The van der Waals surface area contributed by atoms with Gasteiger partial charge in [0.25, 0.3) is 5.91 Å². The molecule has 1 saturated heterocycles. The number of hydrogen-bond acceptors (Lipinski definition) is 4. The number of aryl methyl sites for hydroxylation is 1. The van der Waals surface area contributed by atoms with E-state index in [1.165, 1.54) is 16.0 Å². The van der Waals surface area contributed by atoms with Crippen molar-refractivity contribution in [2.24, 2.45) is 10.9 Å². The Balaban J connectivity index is 2.12. The molecule has 1 fully saturated rings. The van der Waals surface area contributed by atoms with Gasteiger partial charge in [-0.3, -0.25) is 19.5 Å². The van der Waals surface area contributed by atoms with Crippen LogP contribution in [0.1, 0.15) is 19.4 Å². The van der Waals surface area contributed by atoms with Crippen LogP contribution in [0.5, 0.6) is 0 Å². The first-order valence-electron chi connectivity index (χ1n) is 8.56. The van der Waals surface area contributed by atoms with Crippen molar-refractivity contribution in [1.29, 1.82) is 0 Å². The number of likely N-dealkylation sites (N-methyl/N-ethyl adjacent to an activating group) is 1. The van der Waals surface area contributed by atoms with Crippen molar-refractivity contribution in [1.82, 2.24) is 5.32 Å². The first-order chi connectivity index (χ1) is 12.0. The highest BCUT2D eigenvalue weighted by Gasteiger charge is 2.38. The molecule has 2 rings (SSSR count). The molecule has 134 valence electrons. The lowest BCUT2D eigenvalue weighted by molar-refractivity contribution is -0.894. The summed E-state index contributed by atoms with van der Waals surface area (Å²) in [6, 6.07) is 7.45. The van der Waals surface area contributed by atoms with Gasteiger partial charge in [-0.1, -0.05) is 12.1 Å². The third kappa shape index (κ3) is 4.70. The van der Waals surface area contributed by atoms with E-state index in [1.807, 2.05) is 25.1 Å². The predicted molar refractivity (Wildman–Crippen MR) is 103 cm³/mol. The third-order valence-corrected chi connectivity index (χ3v) is 4.60. The topological polar surface area (TPSA) is 66.2 Å². The predicted octanol–water partition coefficient (Wildman–Crippen LogP) is 0.354. The fourth-order valence-corrected chi connectivity index (χ4v) is 3.04. The minimum absolute atomic E-state index is 0.109. The van der Waals surface area contributed by atoms with E-state index in [9.17, 15) is 9.59 Å². The Morgan fingerprint density at radius 2 is 2.04 bits per heavy atom. The van der Waals surface area contributed by atoms with Crippen LogP contribution in [0.25, 0.3) is 0 Å². The number of nitrogens with one attached hydrogen (secondary N) is 2. The fraction of sp³-hybridized carbons (Fsp3) is 0.444. The summed E-state index contributed by atoms with van der Waals surface area (Å²) < 4.78 is 0. The zero-order valence-corrected chi connectivity index (χ0v) is 15.7. The summed E-state index contributed by atoms with van der Waals surface area (Å²) in [7, 11) is 0. The van der Waals surface area contributed by atoms with E-state index in [4.69, 9.17) is 12.2 Å². The molecule has 1 aromatic carbocycles. The number of rotatable bonds is 7. The second-order valence-electron chi connectivity index (χ2n) is 6.05. The van der Waals surface area contributed by atoms with Crippen LogP contribution in [0.4, 0.5) is 5.69 Å². The van der Waals surface area contributed by atoms with Gasteiger partial charge in [0.1, 0.15) is 0 Å². The zero-order chi connectivity index (χ0) is 18.4. The average Bonchev–Trinajstić information content (AvgIpc) is 2.57. The summed E-state index contributed by atoms with van der Waals surface area (Å²) in [6.45, 7) is 9.72. The molecule has 0 aromatic heterocycles. The van der Waals surface area contributed by atoms with Crippen molar-refractivity contribution >= 4 is 41.0 Å². The molecular formula is C18H25N4O2S+. The minimum atomic E-state index is -0.945. The number of quaternary nitrogens is 1. The normalized spacial score (nSPS) is 18.3. The van der Waals surface area contributed by atoms with E-state index in [0.717, 1.165) is 25.2 Å². The van der Waals surface area contributed by atoms with Crippen molar-refractivity contribution in [3.05, 3.63) is 29.8 Å². The number of thiocarbonyl (C=S) groups is 1. The molecule has 1 unspecified atom stereocenters. The summed E-state index contributed by atoms with van der Waals surface area (Å²) >= 11 is 5.19. The molecule has 1 atom stereocenters. The molecule has 2 N–H and O–H groups in total. The van der Waals surface area contributed by atoms with Crippen LogP contribution in [-0.4, -0.2) is 49.3 Å². The maximum absolute atomic E-state index is 12.8. The molecule has 1 aliphatic heterocycles. The average molecular weight is 361 g/mol. The van der Waals surface area contributed by atoms with Crippen molar-refractivity contribution in [3.8, 4) is 0 Å². The fourth-order valence-electron chi connectivity index (χ4n) is 2.74. The van der Waals surface area contributed by atoms with Crippen molar-refractivity contribution in [2.45, 2.75) is 20.8 Å². The van der Waals surface area contributed by atoms with E-state index >= 15 is 0 Å². The van der Waals surface area contributed by atoms with Gasteiger partial charge in [0, 0.05) is 6.21 Å². The summed E-state index contributed by atoms with van der Waals surface area (Å²) in [5.74, 6) is -1.73. The Morgan fingerprint density at radius 3 is 2.68 bits per heavy atom. The van der Waals surface area contributed by atoms with Gasteiger partial charge in [-0.25, -0.2) is 0 Å². The Kier molecular flexibility index (Phi) is 6.78. The Labute approximate surface area is 153 Å². The zero-order valence-electron chi connectivity index (χ0n) is 14.9. The third-order valence-electron chi connectivity index (χ3n) is 4.31. The number of benzene rings is 1. The van der Waals surface area contributed by atoms with Gasteiger partial charge in [0.15, 0.2) is 11.0 Å². The minimum Gasteiger partial charge on any atom is -0.334 e. The van der Waals surface area contributed by atoms with Crippen LogP contribution < -0.4 is 15.1 Å². The lowest BCUT2D eigenvalue weighted by Gasteiger charge is -2.31. The van der Waals surface area contributed by atoms with Crippen molar-refractivity contribution in [3.63, 3.8) is 0 Å². The Hall–Kier alpha value is -2.12. The standard InChI is InChI=1S/C18H24N4O2S/c1-4-21(5-2)10-9-19-12-15-16(23)20-18(25)22(17(15)24)14-8-6-7-13(3)11-14/h6-8,11-12,15H,4-5,9-10H2,1-3H3,(H,20,23,25)/p+1. The molecule has 0 spiro atoms. The summed E-state index contributed by atoms with van der Waals surface area (Å²) in [6.07, 6.45) is 1.45. The number of carbonyl (C=O) groups is 2. The number of nitrogens with zero attached hydrogens (tertiary/aromatic N) is 2. The number of hydrogen-bond donors (Lipinski definition) is 2. The van der Waals surface area contributed by atoms with E-state index in [0.29, 0.717) is 12.2 Å². The maximum Gasteiger partial charge on any atom is 0.251 e. The molecule has 0 bridgehead atoms. The van der Waals surface area contributed by atoms with Gasteiger partial charge >= 0.3 is 0 Å². The molecule has 1 heterocycles. The van der Waals surface area contributed by atoms with E-state index < -0.39 is 11.8 Å². The monoisotopic (exact) mass is 361 g/mol. The van der Waals surface area contributed by atoms with Crippen LogP contribution >= 0.6 is 12.2 Å². The first kappa shape index (κ1) is 19.2. The van der Waals surface area contributed by atoms with Gasteiger partial charge in [-0.2, -0.15) is 0 Å². The van der Waals surface area contributed by atoms with Gasteiger partial charge in [-0.15, -0.1) is 0 Å². The molecule has 1 aliphatic rings. The van der Waals surface area contributed by atoms with Gasteiger partial charge < -0.3 is 10.2 Å². The van der Waals surface area contributed by atoms with Crippen LogP contribution in [0.2, 0.25) is 0 Å².